The quantitative estimate of drug-likeness (QED) is 0.170. The summed E-state index contributed by atoms with van der Waals surface area (Å²) in [4.78, 5) is 13.4. The van der Waals surface area contributed by atoms with Gasteiger partial charge in [0.15, 0.2) is 0 Å². The van der Waals surface area contributed by atoms with Crippen molar-refractivity contribution in [2.75, 3.05) is 7.05 Å². The Kier molecular flexibility index (Phi) is 8.07. The van der Waals surface area contributed by atoms with E-state index < -0.39 is 0 Å². The number of aliphatic imine (C=N–C) groups is 1. The summed E-state index contributed by atoms with van der Waals surface area (Å²) in [5, 5.41) is 5.87. The van der Waals surface area contributed by atoms with Crippen LogP contribution < -0.4 is 0 Å². The molecule has 0 radical (unpaired) electrons. The van der Waals surface area contributed by atoms with Crippen LogP contribution in [0.1, 0.15) is 22.9 Å². The van der Waals surface area contributed by atoms with E-state index in [0.29, 0.717) is 0 Å². The maximum absolute atomic E-state index is 5.53. The molecule has 58 heavy (non-hydrogen) atoms. The molecule has 1 aliphatic heterocycles. The number of aromatic nitrogens is 2. The number of pyridine rings is 1. The average molecular weight is 743 g/mol. The van der Waals surface area contributed by atoms with Crippen LogP contribution in [0.3, 0.4) is 0 Å². The molecule has 274 valence electrons. The fourth-order valence-electron chi connectivity index (χ4n) is 8.89. The number of hydrogen-bond acceptors (Lipinski definition) is 3. The van der Waals surface area contributed by atoms with Crippen molar-refractivity contribution in [1.29, 1.82) is 0 Å². The summed E-state index contributed by atoms with van der Waals surface area (Å²) in [5.74, 6) is 0. The SMILES string of the molecule is CN1C(c2ccc(-c3ccccc3)cc2)=CC(c2ccccc2)=NC1c1ccc(-c2nc3ccccc3c3c4ccccc4n(-c4ccccc4)c23)c2ccccc12. The van der Waals surface area contributed by atoms with Crippen LogP contribution in [0.15, 0.2) is 211 Å². The molecule has 0 spiro atoms. The van der Waals surface area contributed by atoms with Crippen LogP contribution >= 0.6 is 0 Å². The van der Waals surface area contributed by atoms with Crippen molar-refractivity contribution in [2.45, 2.75) is 6.17 Å². The van der Waals surface area contributed by atoms with Crippen LogP contribution in [0.25, 0.3) is 77.2 Å². The summed E-state index contributed by atoms with van der Waals surface area (Å²) in [6.07, 6.45) is 1.96. The standard InChI is InChI=1S/C54H38N4/c1-57-50(39-31-29-37(30-32-39)36-17-5-2-6-18-36)35-48(38-19-7-3-8-20-38)56-54(57)44-34-33-43(41-23-11-12-24-42(41)44)52-53-51(45-25-13-15-27-47(45)55-52)46-26-14-16-28-49(46)58(53)40-21-9-4-10-22-40/h2-35,54H,1H3. The molecular weight excluding hydrogens is 705 g/mol. The summed E-state index contributed by atoms with van der Waals surface area (Å²) < 4.78 is 2.40. The van der Waals surface area contributed by atoms with E-state index >= 15 is 0 Å². The van der Waals surface area contributed by atoms with Crippen molar-refractivity contribution in [3.63, 3.8) is 0 Å². The highest BCUT2D eigenvalue weighted by Crippen LogP contribution is 2.45. The van der Waals surface area contributed by atoms with Gasteiger partial charge in [0.25, 0.3) is 0 Å². The Balaban J connectivity index is 1.12. The number of fused-ring (bicyclic) bond motifs is 6. The minimum Gasteiger partial charge on any atom is -0.349 e. The predicted molar refractivity (Wildman–Crippen MR) is 242 cm³/mol. The van der Waals surface area contributed by atoms with Crippen molar-refractivity contribution in [2.24, 2.45) is 4.99 Å². The van der Waals surface area contributed by atoms with Gasteiger partial charge in [0.1, 0.15) is 6.17 Å². The zero-order valence-corrected chi connectivity index (χ0v) is 32.0. The monoisotopic (exact) mass is 742 g/mol. The molecule has 4 nitrogen and oxygen atoms in total. The van der Waals surface area contributed by atoms with Crippen LogP contribution in [-0.2, 0) is 0 Å². The summed E-state index contributed by atoms with van der Waals surface area (Å²) in [7, 11) is 2.17. The molecule has 8 aromatic carbocycles. The number of allylic oxidation sites excluding steroid dienone is 1. The molecular formula is C54H38N4. The molecule has 3 heterocycles. The Morgan fingerprint density at radius 1 is 0.466 bits per heavy atom. The molecule has 2 aromatic heterocycles. The minimum absolute atomic E-state index is 0.275. The first-order valence-electron chi connectivity index (χ1n) is 19.8. The number of para-hydroxylation sites is 3. The Morgan fingerprint density at radius 2 is 1.03 bits per heavy atom. The topological polar surface area (TPSA) is 33.4 Å². The third-order valence-electron chi connectivity index (χ3n) is 11.6. The molecule has 0 fully saturated rings. The van der Waals surface area contributed by atoms with Gasteiger partial charge in [-0.2, -0.15) is 0 Å². The lowest BCUT2D eigenvalue weighted by molar-refractivity contribution is 0.366. The Bertz CT molecular complexity index is 3220. The van der Waals surface area contributed by atoms with Gasteiger partial charge in [-0.1, -0.05) is 176 Å². The molecule has 0 bridgehead atoms. The zero-order chi connectivity index (χ0) is 38.6. The van der Waals surface area contributed by atoms with Gasteiger partial charge in [-0.15, -0.1) is 0 Å². The smallest absolute Gasteiger partial charge is 0.148 e. The third-order valence-corrected chi connectivity index (χ3v) is 11.6. The van der Waals surface area contributed by atoms with E-state index in [0.717, 1.165) is 77.8 Å². The maximum atomic E-state index is 5.53. The van der Waals surface area contributed by atoms with Gasteiger partial charge < -0.3 is 9.47 Å². The fraction of sp³-hybridized carbons (Fsp3) is 0.0370. The van der Waals surface area contributed by atoms with Crippen LogP contribution in [0.4, 0.5) is 0 Å². The predicted octanol–water partition coefficient (Wildman–Crippen LogP) is 13.3. The van der Waals surface area contributed by atoms with E-state index in [1.165, 1.54) is 21.9 Å². The first-order chi connectivity index (χ1) is 28.7. The molecule has 4 heteroatoms. The van der Waals surface area contributed by atoms with Gasteiger partial charge in [-0.05, 0) is 63.4 Å². The molecule has 1 aliphatic rings. The number of benzene rings is 8. The van der Waals surface area contributed by atoms with E-state index in [2.05, 4.69) is 223 Å². The first-order valence-corrected chi connectivity index (χ1v) is 19.8. The van der Waals surface area contributed by atoms with Gasteiger partial charge in [0.05, 0.1) is 28.0 Å². The minimum atomic E-state index is -0.275. The molecule has 10 aromatic rings. The van der Waals surface area contributed by atoms with E-state index in [4.69, 9.17) is 9.98 Å². The molecule has 0 saturated heterocycles. The second kappa shape index (κ2) is 13.9. The average Bonchev–Trinajstić information content (AvgIpc) is 3.65. The largest absolute Gasteiger partial charge is 0.349 e. The molecule has 0 amide bonds. The highest BCUT2D eigenvalue weighted by atomic mass is 15.2. The van der Waals surface area contributed by atoms with Crippen molar-refractivity contribution in [3.05, 3.63) is 223 Å². The van der Waals surface area contributed by atoms with Gasteiger partial charge >= 0.3 is 0 Å². The van der Waals surface area contributed by atoms with Crippen LogP contribution in [0.2, 0.25) is 0 Å². The molecule has 0 aliphatic carbocycles. The van der Waals surface area contributed by atoms with E-state index in [-0.39, 0.29) is 6.17 Å². The second-order valence-corrected chi connectivity index (χ2v) is 15.0. The number of hydrogen-bond donors (Lipinski definition) is 0. The molecule has 1 unspecified atom stereocenters. The number of nitrogens with zero attached hydrogens (tertiary/aromatic N) is 4. The molecule has 0 N–H and O–H groups in total. The van der Waals surface area contributed by atoms with Crippen LogP contribution in [0.5, 0.6) is 0 Å². The van der Waals surface area contributed by atoms with E-state index in [9.17, 15) is 0 Å². The summed E-state index contributed by atoms with van der Waals surface area (Å²) in [5.41, 5.74) is 14.3. The van der Waals surface area contributed by atoms with Gasteiger partial charge in [0, 0.05) is 45.7 Å². The molecule has 0 saturated carbocycles. The van der Waals surface area contributed by atoms with E-state index in [1.54, 1.807) is 0 Å². The highest BCUT2D eigenvalue weighted by Gasteiger charge is 2.28. The van der Waals surface area contributed by atoms with E-state index in [1.807, 2.05) is 0 Å². The van der Waals surface area contributed by atoms with Crippen LogP contribution in [0, 0.1) is 0 Å². The normalized spacial score (nSPS) is 14.3. The summed E-state index contributed by atoms with van der Waals surface area (Å²) in [6, 6.07) is 71.3. The Morgan fingerprint density at radius 3 is 1.78 bits per heavy atom. The maximum Gasteiger partial charge on any atom is 0.148 e. The molecule has 11 rings (SSSR count). The third kappa shape index (κ3) is 5.53. The lowest BCUT2D eigenvalue weighted by Gasteiger charge is -2.34. The fourth-order valence-corrected chi connectivity index (χ4v) is 8.89. The Labute approximate surface area is 337 Å². The Hall–Kier alpha value is -7.56. The summed E-state index contributed by atoms with van der Waals surface area (Å²) in [6.45, 7) is 0. The molecule has 1 atom stereocenters. The van der Waals surface area contributed by atoms with Crippen molar-refractivity contribution in [3.8, 4) is 28.1 Å². The lowest BCUT2D eigenvalue weighted by Crippen LogP contribution is -2.27. The second-order valence-electron chi connectivity index (χ2n) is 15.0. The lowest BCUT2D eigenvalue weighted by atomic mass is 9.93. The number of rotatable bonds is 6. The summed E-state index contributed by atoms with van der Waals surface area (Å²) >= 11 is 0. The van der Waals surface area contributed by atoms with Crippen molar-refractivity contribution < 1.29 is 0 Å². The van der Waals surface area contributed by atoms with Crippen LogP contribution in [-0.4, -0.2) is 27.2 Å². The first kappa shape index (κ1) is 33.8. The van der Waals surface area contributed by atoms with Crippen molar-refractivity contribution in [1.82, 2.24) is 14.5 Å². The zero-order valence-electron chi connectivity index (χ0n) is 32.0. The van der Waals surface area contributed by atoms with Gasteiger partial charge in [-0.25, -0.2) is 4.98 Å². The van der Waals surface area contributed by atoms with Crippen molar-refractivity contribution >= 4 is 54.9 Å². The van der Waals surface area contributed by atoms with Gasteiger partial charge in [0.2, 0.25) is 0 Å². The van der Waals surface area contributed by atoms with Gasteiger partial charge in [-0.3, -0.25) is 4.99 Å². The highest BCUT2D eigenvalue weighted by molar-refractivity contribution is 6.24.